The van der Waals surface area contributed by atoms with E-state index >= 15 is 0 Å². The zero-order valence-electron chi connectivity index (χ0n) is 7.44. The van der Waals surface area contributed by atoms with Crippen LogP contribution in [0.3, 0.4) is 0 Å². The van der Waals surface area contributed by atoms with Gasteiger partial charge in [0.2, 0.25) is 0 Å². The average molecular weight is 183 g/mol. The molecule has 11 heavy (non-hydrogen) atoms. The van der Waals surface area contributed by atoms with Crippen LogP contribution < -0.4 is 0 Å². The summed E-state index contributed by atoms with van der Waals surface area (Å²) in [4.78, 5) is 27.0. The molecule has 70 valence electrons. The van der Waals surface area contributed by atoms with E-state index in [1.54, 1.807) is 0 Å². The fourth-order valence-electron chi connectivity index (χ4n) is 1.29. The van der Waals surface area contributed by atoms with Crippen LogP contribution in [0, 0.1) is 0 Å². The van der Waals surface area contributed by atoms with Crippen molar-refractivity contribution in [1.82, 2.24) is 4.67 Å². The number of nitrogens with zero attached hydrogens (tertiary/aromatic N) is 1. The van der Waals surface area contributed by atoms with E-state index in [1.165, 1.54) is 4.67 Å². The molecule has 0 radical (unpaired) electrons. The van der Waals surface area contributed by atoms with Gasteiger partial charge in [-0.15, -0.1) is 0 Å². The molecule has 0 bridgehead atoms. The SMILES string of the molecule is CC(C)N(C(C)C)[PH](O)(O)O. The molecule has 0 aliphatic rings. The fraction of sp³-hybridized carbons (Fsp3) is 1.00. The van der Waals surface area contributed by atoms with E-state index < -0.39 is 8.09 Å². The second-order valence-corrected chi connectivity index (χ2v) is 4.91. The van der Waals surface area contributed by atoms with Gasteiger partial charge in [0.25, 0.3) is 0 Å². The van der Waals surface area contributed by atoms with E-state index in [-0.39, 0.29) is 12.1 Å². The van der Waals surface area contributed by atoms with Crippen LogP contribution in [0.5, 0.6) is 0 Å². The molecule has 0 amide bonds. The Balaban J connectivity index is 4.35. The van der Waals surface area contributed by atoms with Crippen molar-refractivity contribution in [3.8, 4) is 0 Å². The van der Waals surface area contributed by atoms with Gasteiger partial charge in [-0.3, -0.25) is 0 Å². The number of hydrogen-bond acceptors (Lipinski definition) is 4. The Kier molecular flexibility index (Phi) is 3.88. The normalized spacial score (nSPS) is 15.1. The monoisotopic (exact) mass is 183 g/mol. The summed E-state index contributed by atoms with van der Waals surface area (Å²) in [6.45, 7) is 7.24. The summed E-state index contributed by atoms with van der Waals surface area (Å²) in [7, 11) is -4.08. The van der Waals surface area contributed by atoms with E-state index in [0.29, 0.717) is 0 Å². The Bertz CT molecular complexity index is 113. The van der Waals surface area contributed by atoms with Crippen molar-refractivity contribution in [3.63, 3.8) is 0 Å². The van der Waals surface area contributed by atoms with Crippen molar-refractivity contribution in [1.29, 1.82) is 0 Å². The predicted molar refractivity (Wildman–Crippen MR) is 47.1 cm³/mol. The van der Waals surface area contributed by atoms with Crippen LogP contribution in [-0.4, -0.2) is 31.4 Å². The first kappa shape index (κ1) is 11.3. The van der Waals surface area contributed by atoms with Crippen LogP contribution >= 0.6 is 8.09 Å². The summed E-state index contributed by atoms with van der Waals surface area (Å²) in [5.41, 5.74) is 0. The first-order valence-electron chi connectivity index (χ1n) is 3.72. The molecule has 0 fully saturated rings. The second kappa shape index (κ2) is 3.78. The van der Waals surface area contributed by atoms with Gasteiger partial charge in [-0.1, -0.05) is 0 Å². The zero-order valence-corrected chi connectivity index (χ0v) is 8.44. The molecule has 0 heterocycles. The van der Waals surface area contributed by atoms with Gasteiger partial charge in [-0.2, -0.15) is 0 Å². The van der Waals surface area contributed by atoms with Crippen LogP contribution in [-0.2, 0) is 0 Å². The van der Waals surface area contributed by atoms with Crippen molar-refractivity contribution >= 4 is 8.09 Å². The van der Waals surface area contributed by atoms with Gasteiger partial charge in [-0.05, 0) is 0 Å². The summed E-state index contributed by atoms with van der Waals surface area (Å²) in [5, 5.41) is 0. The molecule has 0 unspecified atom stereocenters. The third-order valence-electron chi connectivity index (χ3n) is 1.46. The van der Waals surface area contributed by atoms with Gasteiger partial charge in [0.1, 0.15) is 0 Å². The molecular weight excluding hydrogens is 165 g/mol. The number of hydrogen-bond donors (Lipinski definition) is 3. The summed E-state index contributed by atoms with van der Waals surface area (Å²) in [5.74, 6) is 0. The quantitative estimate of drug-likeness (QED) is 0.557. The first-order chi connectivity index (χ1) is 4.76. The van der Waals surface area contributed by atoms with Gasteiger partial charge in [-0.25, -0.2) is 0 Å². The Morgan fingerprint density at radius 2 is 1.18 bits per heavy atom. The molecule has 0 saturated heterocycles. The van der Waals surface area contributed by atoms with Crippen molar-refractivity contribution in [3.05, 3.63) is 0 Å². The average Bonchev–Trinajstić information content (AvgIpc) is 1.54. The van der Waals surface area contributed by atoms with E-state index in [2.05, 4.69) is 0 Å². The molecular formula is C6H18NO3P. The molecule has 0 saturated carbocycles. The van der Waals surface area contributed by atoms with Crippen LogP contribution in [0.4, 0.5) is 0 Å². The molecule has 3 N–H and O–H groups in total. The fourth-order valence-corrected chi connectivity index (χ4v) is 2.67. The van der Waals surface area contributed by atoms with Crippen LogP contribution in [0.15, 0.2) is 0 Å². The van der Waals surface area contributed by atoms with E-state index in [1.807, 2.05) is 27.7 Å². The van der Waals surface area contributed by atoms with E-state index in [9.17, 15) is 0 Å². The van der Waals surface area contributed by atoms with Gasteiger partial charge in [0.05, 0.1) is 0 Å². The maximum absolute atomic E-state index is 8.99. The third-order valence-corrected chi connectivity index (χ3v) is 3.18. The summed E-state index contributed by atoms with van der Waals surface area (Å²) < 4.78 is 1.33. The molecule has 0 rings (SSSR count). The molecule has 0 spiro atoms. The Morgan fingerprint density at radius 1 is 0.909 bits per heavy atom. The van der Waals surface area contributed by atoms with Crippen LogP contribution in [0.2, 0.25) is 0 Å². The Morgan fingerprint density at radius 3 is 1.18 bits per heavy atom. The van der Waals surface area contributed by atoms with E-state index in [0.717, 1.165) is 0 Å². The van der Waals surface area contributed by atoms with Crippen molar-refractivity contribution in [2.24, 2.45) is 0 Å². The summed E-state index contributed by atoms with van der Waals surface area (Å²) in [6, 6.07) is -0.108. The summed E-state index contributed by atoms with van der Waals surface area (Å²) in [6.07, 6.45) is 0. The molecule has 0 aliphatic heterocycles. The molecule has 0 aliphatic carbocycles. The Hall–Kier alpha value is 0.270. The molecule has 0 atom stereocenters. The molecule has 5 heteroatoms. The van der Waals surface area contributed by atoms with Crippen molar-refractivity contribution < 1.29 is 14.7 Å². The second-order valence-electron chi connectivity index (χ2n) is 3.19. The maximum atomic E-state index is 8.99. The molecule has 0 aromatic rings. The third kappa shape index (κ3) is 3.45. The topological polar surface area (TPSA) is 63.9 Å². The van der Waals surface area contributed by atoms with Gasteiger partial charge < -0.3 is 0 Å². The van der Waals surface area contributed by atoms with E-state index in [4.69, 9.17) is 14.7 Å². The number of rotatable bonds is 3. The predicted octanol–water partition coefficient (Wildman–Crippen LogP) is 0.492. The molecule has 4 nitrogen and oxygen atoms in total. The minimum atomic E-state index is -4.08. The van der Waals surface area contributed by atoms with Crippen molar-refractivity contribution in [2.45, 2.75) is 39.8 Å². The van der Waals surface area contributed by atoms with Gasteiger partial charge in [0, 0.05) is 0 Å². The van der Waals surface area contributed by atoms with Gasteiger partial charge in [0.15, 0.2) is 0 Å². The molecule has 0 aromatic heterocycles. The molecule has 0 aromatic carbocycles. The van der Waals surface area contributed by atoms with Crippen LogP contribution in [0.25, 0.3) is 0 Å². The van der Waals surface area contributed by atoms with Gasteiger partial charge >= 0.3 is 67.2 Å². The Labute approximate surface area is 68.1 Å². The standard InChI is InChI=1S/C6H18NO3P/c1-5(2)7(6(3)4)11(8,9)10/h5-6,8-11H,1-4H3. The van der Waals surface area contributed by atoms with Crippen LogP contribution in [0.1, 0.15) is 27.7 Å². The summed E-state index contributed by atoms with van der Waals surface area (Å²) >= 11 is 0. The zero-order chi connectivity index (χ0) is 9.23. The first-order valence-corrected chi connectivity index (χ1v) is 5.51. The minimum absolute atomic E-state index is 0.0540. The van der Waals surface area contributed by atoms with Crippen molar-refractivity contribution in [2.75, 3.05) is 0 Å².